The van der Waals surface area contributed by atoms with E-state index in [2.05, 4.69) is 5.10 Å². The molecule has 3 nitrogen and oxygen atoms in total. The molecule has 2 N–H and O–H groups in total. The highest BCUT2D eigenvalue weighted by Gasteiger charge is 2.38. The topological polar surface area (TPSA) is 43.8 Å². The van der Waals surface area contributed by atoms with Crippen LogP contribution in [0.5, 0.6) is 0 Å². The molecule has 6 heteroatoms. The molecule has 1 aromatic heterocycles. The molecule has 1 aromatic carbocycles. The van der Waals surface area contributed by atoms with E-state index in [0.717, 1.165) is 15.8 Å². The summed E-state index contributed by atoms with van der Waals surface area (Å²) in [4.78, 5) is 0. The van der Waals surface area contributed by atoms with Crippen molar-refractivity contribution >= 4 is 0 Å². The van der Waals surface area contributed by atoms with Gasteiger partial charge >= 0.3 is 6.18 Å². The van der Waals surface area contributed by atoms with Gasteiger partial charge in [0.2, 0.25) is 0 Å². The lowest BCUT2D eigenvalue weighted by atomic mass is 10.1. The normalized spacial score (nSPS) is 11.9. The fraction of sp³-hybridized carbons (Fsp3) is 0.308. The van der Waals surface area contributed by atoms with Crippen molar-refractivity contribution < 1.29 is 13.2 Å². The molecule has 0 radical (unpaired) electrons. The first-order chi connectivity index (χ1) is 8.86. The second-order valence-corrected chi connectivity index (χ2v) is 4.37. The molecule has 0 saturated heterocycles. The van der Waals surface area contributed by atoms with Crippen LogP contribution < -0.4 is 5.73 Å². The van der Waals surface area contributed by atoms with Crippen molar-refractivity contribution in [3.8, 4) is 5.69 Å². The molecule has 0 unspecified atom stereocenters. The average molecular weight is 269 g/mol. The summed E-state index contributed by atoms with van der Waals surface area (Å²) in [5, 5.41) is 3.86. The molecule has 0 saturated carbocycles. The fourth-order valence-corrected chi connectivity index (χ4v) is 2.14. The third-order valence-corrected chi connectivity index (χ3v) is 2.98. The second kappa shape index (κ2) is 4.70. The first kappa shape index (κ1) is 13.6. The Bertz CT molecular complexity index is 579. The number of nitrogens with two attached hydrogens (primary N) is 1. The fourth-order valence-electron chi connectivity index (χ4n) is 2.14. The van der Waals surface area contributed by atoms with Gasteiger partial charge in [0.05, 0.1) is 11.9 Å². The van der Waals surface area contributed by atoms with Gasteiger partial charge in [-0.1, -0.05) is 18.2 Å². The highest BCUT2D eigenvalue weighted by atomic mass is 19.4. The van der Waals surface area contributed by atoms with Crippen LogP contribution in [0.25, 0.3) is 5.69 Å². The Hall–Kier alpha value is -1.82. The van der Waals surface area contributed by atoms with Crippen molar-refractivity contribution in [1.29, 1.82) is 0 Å². The maximum Gasteiger partial charge on any atom is 0.433 e. The summed E-state index contributed by atoms with van der Waals surface area (Å²) < 4.78 is 40.4. The zero-order valence-corrected chi connectivity index (χ0v) is 10.6. The molecule has 0 aliphatic carbocycles. The summed E-state index contributed by atoms with van der Waals surface area (Å²) in [6.07, 6.45) is -3.31. The Labute approximate surface area is 108 Å². The molecule has 0 aliphatic rings. The average Bonchev–Trinajstić information content (AvgIpc) is 2.72. The minimum Gasteiger partial charge on any atom is -0.326 e. The van der Waals surface area contributed by atoms with E-state index in [4.69, 9.17) is 5.73 Å². The molecular weight excluding hydrogens is 255 g/mol. The number of alkyl halides is 3. The molecule has 0 amide bonds. The number of hydrogen-bond acceptors (Lipinski definition) is 2. The summed E-state index contributed by atoms with van der Waals surface area (Å²) in [6, 6.07) is 5.31. The molecule has 0 atom stereocenters. The number of para-hydroxylation sites is 1. The van der Waals surface area contributed by atoms with E-state index in [0.29, 0.717) is 5.69 Å². The van der Waals surface area contributed by atoms with Crippen LogP contribution in [0, 0.1) is 13.8 Å². The van der Waals surface area contributed by atoms with Crippen LogP contribution >= 0.6 is 0 Å². The van der Waals surface area contributed by atoms with E-state index in [-0.39, 0.29) is 12.1 Å². The van der Waals surface area contributed by atoms with Crippen molar-refractivity contribution in [3.63, 3.8) is 0 Å². The maximum atomic E-state index is 13.2. The number of aromatic nitrogens is 2. The number of nitrogens with zero attached hydrogens (tertiary/aromatic N) is 2. The predicted molar refractivity (Wildman–Crippen MR) is 65.9 cm³/mol. The van der Waals surface area contributed by atoms with Crippen LogP contribution in [0.4, 0.5) is 13.2 Å². The van der Waals surface area contributed by atoms with E-state index in [9.17, 15) is 13.2 Å². The molecule has 0 bridgehead atoms. The summed E-state index contributed by atoms with van der Waals surface area (Å²) >= 11 is 0. The van der Waals surface area contributed by atoms with Gasteiger partial charge in [-0.3, -0.25) is 0 Å². The minimum atomic E-state index is -4.49. The zero-order chi connectivity index (χ0) is 14.2. The third kappa shape index (κ3) is 2.35. The molecule has 2 rings (SSSR count). The highest BCUT2D eigenvalue weighted by molar-refractivity contribution is 5.48. The molecule has 1 heterocycles. The van der Waals surface area contributed by atoms with Crippen LogP contribution in [0.2, 0.25) is 0 Å². The Morgan fingerprint density at radius 3 is 2.26 bits per heavy atom. The van der Waals surface area contributed by atoms with Crippen LogP contribution in [-0.2, 0) is 12.7 Å². The first-order valence-electron chi connectivity index (χ1n) is 5.77. The van der Waals surface area contributed by atoms with Gasteiger partial charge in [0.1, 0.15) is 0 Å². The maximum absolute atomic E-state index is 13.2. The highest BCUT2D eigenvalue weighted by Crippen LogP contribution is 2.34. The Morgan fingerprint density at radius 2 is 1.79 bits per heavy atom. The van der Waals surface area contributed by atoms with E-state index >= 15 is 0 Å². The van der Waals surface area contributed by atoms with E-state index < -0.39 is 11.9 Å². The monoisotopic (exact) mass is 269 g/mol. The standard InChI is InChI=1S/C13H14F3N3/c1-8-4-3-5-9(2)11(8)19-12(13(14,15)16)10(6-17)7-18-19/h3-5,7H,6,17H2,1-2H3. The molecule has 102 valence electrons. The summed E-state index contributed by atoms with van der Waals surface area (Å²) in [7, 11) is 0. The van der Waals surface area contributed by atoms with Gasteiger partial charge in [-0.05, 0) is 25.0 Å². The van der Waals surface area contributed by atoms with E-state index in [1.807, 2.05) is 0 Å². The SMILES string of the molecule is Cc1cccc(C)c1-n1ncc(CN)c1C(F)(F)F. The lowest BCUT2D eigenvalue weighted by molar-refractivity contribution is -0.143. The minimum absolute atomic E-state index is 0.00449. The molecule has 2 aromatic rings. The number of halogens is 3. The van der Waals surface area contributed by atoms with Crippen molar-refractivity contribution in [3.05, 3.63) is 46.8 Å². The quantitative estimate of drug-likeness (QED) is 0.910. The molecule has 0 spiro atoms. The second-order valence-electron chi connectivity index (χ2n) is 4.37. The van der Waals surface area contributed by atoms with E-state index in [1.54, 1.807) is 32.0 Å². The zero-order valence-electron chi connectivity index (χ0n) is 10.6. The Morgan fingerprint density at radius 1 is 1.21 bits per heavy atom. The van der Waals surface area contributed by atoms with Crippen molar-refractivity contribution in [2.75, 3.05) is 0 Å². The number of aryl methyl sites for hydroxylation is 2. The van der Waals surface area contributed by atoms with Crippen LogP contribution in [-0.4, -0.2) is 9.78 Å². The van der Waals surface area contributed by atoms with Crippen LogP contribution in [0.1, 0.15) is 22.4 Å². The lowest BCUT2D eigenvalue weighted by Crippen LogP contribution is -2.17. The largest absolute Gasteiger partial charge is 0.433 e. The first-order valence-corrected chi connectivity index (χ1v) is 5.77. The predicted octanol–water partition coefficient (Wildman–Crippen LogP) is 2.97. The summed E-state index contributed by atoms with van der Waals surface area (Å²) in [5.74, 6) is 0. The lowest BCUT2D eigenvalue weighted by Gasteiger charge is -2.15. The summed E-state index contributed by atoms with van der Waals surface area (Å²) in [6.45, 7) is 3.32. The Balaban J connectivity index is 2.74. The van der Waals surface area contributed by atoms with Crippen molar-refractivity contribution in [2.24, 2.45) is 5.73 Å². The van der Waals surface area contributed by atoms with Gasteiger partial charge in [-0.25, -0.2) is 4.68 Å². The van der Waals surface area contributed by atoms with Gasteiger partial charge in [-0.15, -0.1) is 0 Å². The molecular formula is C13H14F3N3. The van der Waals surface area contributed by atoms with Gasteiger partial charge < -0.3 is 5.73 Å². The number of rotatable bonds is 2. The van der Waals surface area contributed by atoms with Gasteiger partial charge in [0.25, 0.3) is 0 Å². The van der Waals surface area contributed by atoms with Gasteiger partial charge in [-0.2, -0.15) is 18.3 Å². The number of benzene rings is 1. The smallest absolute Gasteiger partial charge is 0.326 e. The molecule has 0 fully saturated rings. The Kier molecular flexibility index (Phi) is 3.36. The molecule has 0 aliphatic heterocycles. The van der Waals surface area contributed by atoms with Gasteiger partial charge in [0, 0.05) is 12.1 Å². The summed E-state index contributed by atoms with van der Waals surface area (Å²) in [5.41, 5.74) is 6.48. The van der Waals surface area contributed by atoms with Crippen molar-refractivity contribution in [2.45, 2.75) is 26.6 Å². The van der Waals surface area contributed by atoms with Gasteiger partial charge in [0.15, 0.2) is 5.69 Å². The van der Waals surface area contributed by atoms with Crippen molar-refractivity contribution in [1.82, 2.24) is 9.78 Å². The van der Waals surface area contributed by atoms with E-state index in [1.165, 1.54) is 6.20 Å². The van der Waals surface area contributed by atoms with Crippen LogP contribution in [0.3, 0.4) is 0 Å². The third-order valence-electron chi connectivity index (χ3n) is 2.98. The number of hydrogen-bond donors (Lipinski definition) is 1. The van der Waals surface area contributed by atoms with Crippen LogP contribution in [0.15, 0.2) is 24.4 Å². The molecule has 19 heavy (non-hydrogen) atoms.